The summed E-state index contributed by atoms with van der Waals surface area (Å²) in [6.45, 7) is 1.77. The highest BCUT2D eigenvalue weighted by atomic mass is 32.1. The van der Waals surface area contributed by atoms with E-state index in [0.717, 1.165) is 25.5 Å². The Hall–Kier alpha value is -1.60. The summed E-state index contributed by atoms with van der Waals surface area (Å²) in [5.41, 5.74) is 0.290. The fraction of sp³-hybridized carbons (Fsp3) is 0.684. The van der Waals surface area contributed by atoms with E-state index < -0.39 is 0 Å². The average Bonchev–Trinajstić information content (AvgIpc) is 3.23. The normalized spacial score (nSPS) is 28.8. The van der Waals surface area contributed by atoms with Crippen molar-refractivity contribution in [3.63, 3.8) is 0 Å². The molecule has 1 aromatic heterocycles. The molecule has 4 rings (SSSR count). The summed E-state index contributed by atoms with van der Waals surface area (Å²) in [7, 11) is 3.53. The smallest absolute Gasteiger partial charge is 0.243 e. The number of hydrogen-bond acceptors (Lipinski definition) is 4. The zero-order chi connectivity index (χ0) is 18.1. The Morgan fingerprint density at radius 3 is 2.96 bits per heavy atom. The van der Waals surface area contributed by atoms with Gasteiger partial charge in [-0.25, -0.2) is 4.99 Å². The zero-order valence-electron chi connectivity index (χ0n) is 15.5. The molecule has 1 saturated heterocycles. The molecule has 0 radical (unpaired) electrons. The SMILES string of the molecule is CN(C)C(=O)CN=C(NCc1cccs1)NC1C2CCOC2C12CCC2. The van der Waals surface area contributed by atoms with Gasteiger partial charge >= 0.3 is 0 Å². The maximum atomic E-state index is 12.0. The van der Waals surface area contributed by atoms with E-state index in [0.29, 0.717) is 18.1 Å². The predicted molar refractivity (Wildman–Crippen MR) is 103 cm³/mol. The summed E-state index contributed by atoms with van der Waals surface area (Å²) >= 11 is 1.72. The van der Waals surface area contributed by atoms with Crippen LogP contribution in [0, 0.1) is 11.3 Å². The topological polar surface area (TPSA) is 66.0 Å². The third-order valence-electron chi connectivity index (χ3n) is 6.21. The number of guanidine groups is 1. The lowest BCUT2D eigenvalue weighted by Crippen LogP contribution is -2.72. The highest BCUT2D eigenvalue weighted by Crippen LogP contribution is 2.62. The second kappa shape index (κ2) is 7.19. The maximum absolute atomic E-state index is 12.0. The third-order valence-corrected chi connectivity index (χ3v) is 7.09. The number of ether oxygens (including phenoxy) is 1. The Labute approximate surface area is 159 Å². The second-order valence-corrected chi connectivity index (χ2v) is 8.87. The van der Waals surface area contributed by atoms with Gasteiger partial charge in [0.05, 0.1) is 12.6 Å². The van der Waals surface area contributed by atoms with Crippen LogP contribution in [0.1, 0.15) is 30.6 Å². The third kappa shape index (κ3) is 3.11. The first-order chi connectivity index (χ1) is 12.6. The predicted octanol–water partition coefficient (Wildman–Crippen LogP) is 1.83. The summed E-state index contributed by atoms with van der Waals surface area (Å²) in [4.78, 5) is 19.4. The van der Waals surface area contributed by atoms with Gasteiger partial charge in [0.2, 0.25) is 5.91 Å². The first-order valence-corrected chi connectivity index (χ1v) is 10.4. The van der Waals surface area contributed by atoms with Gasteiger partial charge < -0.3 is 20.3 Å². The molecule has 2 aliphatic carbocycles. The van der Waals surface area contributed by atoms with E-state index in [1.807, 2.05) is 0 Å². The van der Waals surface area contributed by atoms with E-state index >= 15 is 0 Å². The molecule has 3 atom stereocenters. The molecule has 142 valence electrons. The van der Waals surface area contributed by atoms with Crippen molar-refractivity contribution in [1.29, 1.82) is 0 Å². The molecular weight excluding hydrogens is 348 g/mol. The first kappa shape index (κ1) is 17.8. The Balaban J connectivity index is 1.45. The highest BCUT2D eigenvalue weighted by molar-refractivity contribution is 7.09. The molecule has 1 aromatic rings. The van der Waals surface area contributed by atoms with Gasteiger partial charge in [-0.1, -0.05) is 12.5 Å². The van der Waals surface area contributed by atoms with Crippen LogP contribution in [0.2, 0.25) is 0 Å². The molecule has 3 fully saturated rings. The van der Waals surface area contributed by atoms with E-state index in [1.54, 1.807) is 30.3 Å². The molecule has 7 heteroatoms. The van der Waals surface area contributed by atoms with Gasteiger partial charge in [0.15, 0.2) is 5.96 Å². The van der Waals surface area contributed by atoms with Gasteiger partial charge in [0.25, 0.3) is 0 Å². The minimum atomic E-state index is 0.0104. The molecule has 3 unspecified atom stereocenters. The minimum absolute atomic E-state index is 0.0104. The monoisotopic (exact) mass is 376 g/mol. The van der Waals surface area contributed by atoms with Crippen LogP contribution in [0.3, 0.4) is 0 Å². The molecule has 2 saturated carbocycles. The molecule has 2 heterocycles. The number of aliphatic imine (C=N–C) groups is 1. The van der Waals surface area contributed by atoms with Gasteiger partial charge in [-0.05, 0) is 30.7 Å². The highest BCUT2D eigenvalue weighted by Gasteiger charge is 2.66. The summed E-state index contributed by atoms with van der Waals surface area (Å²) in [6, 6.07) is 4.57. The van der Waals surface area contributed by atoms with Crippen LogP contribution < -0.4 is 10.6 Å². The number of thiophene rings is 1. The van der Waals surface area contributed by atoms with E-state index in [9.17, 15) is 4.79 Å². The van der Waals surface area contributed by atoms with Gasteiger partial charge in [-0.2, -0.15) is 0 Å². The number of nitrogens with zero attached hydrogens (tertiary/aromatic N) is 2. The fourth-order valence-corrected chi connectivity index (χ4v) is 5.27. The van der Waals surface area contributed by atoms with Crippen LogP contribution in [0.5, 0.6) is 0 Å². The Kier molecular flexibility index (Phi) is 4.92. The van der Waals surface area contributed by atoms with Gasteiger partial charge in [-0.15, -0.1) is 11.3 Å². The van der Waals surface area contributed by atoms with Crippen molar-refractivity contribution in [2.75, 3.05) is 27.2 Å². The van der Waals surface area contributed by atoms with Gasteiger partial charge in [0, 0.05) is 43.0 Å². The largest absolute Gasteiger partial charge is 0.377 e. The van der Waals surface area contributed by atoms with E-state index in [2.05, 4.69) is 33.1 Å². The first-order valence-electron chi connectivity index (χ1n) is 9.49. The molecule has 1 spiro atoms. The molecular formula is C19H28N4O2S. The number of carbonyl (C=O) groups is 1. The number of rotatable bonds is 5. The Morgan fingerprint density at radius 2 is 2.31 bits per heavy atom. The molecule has 2 N–H and O–H groups in total. The van der Waals surface area contributed by atoms with Crippen molar-refractivity contribution in [2.24, 2.45) is 16.3 Å². The molecule has 6 nitrogen and oxygen atoms in total. The van der Waals surface area contributed by atoms with Crippen molar-refractivity contribution >= 4 is 23.2 Å². The molecule has 0 aromatic carbocycles. The molecule has 3 aliphatic rings. The fourth-order valence-electron chi connectivity index (χ4n) is 4.63. The summed E-state index contributed by atoms with van der Waals surface area (Å²) in [5.74, 6) is 1.33. The lowest BCUT2D eigenvalue weighted by atomic mass is 9.46. The average molecular weight is 377 g/mol. The lowest BCUT2D eigenvalue weighted by molar-refractivity contribution is -0.171. The Morgan fingerprint density at radius 1 is 1.46 bits per heavy atom. The summed E-state index contributed by atoms with van der Waals surface area (Å²) < 4.78 is 6.01. The molecule has 1 amide bonds. The lowest BCUT2D eigenvalue weighted by Gasteiger charge is -2.63. The number of amides is 1. The van der Waals surface area contributed by atoms with E-state index in [4.69, 9.17) is 4.74 Å². The summed E-state index contributed by atoms with van der Waals surface area (Å²) in [5, 5.41) is 9.16. The molecule has 26 heavy (non-hydrogen) atoms. The number of hydrogen-bond donors (Lipinski definition) is 2. The van der Waals surface area contributed by atoms with E-state index in [1.165, 1.54) is 24.1 Å². The number of carbonyl (C=O) groups excluding carboxylic acids is 1. The van der Waals surface area contributed by atoms with E-state index in [-0.39, 0.29) is 17.9 Å². The number of fused-ring (bicyclic) bond motifs is 2. The zero-order valence-corrected chi connectivity index (χ0v) is 16.3. The number of likely N-dealkylation sites (N-methyl/N-ethyl adjacent to an activating group) is 1. The van der Waals surface area contributed by atoms with Crippen LogP contribution in [0.15, 0.2) is 22.5 Å². The molecule has 0 bridgehead atoms. The standard InChI is InChI=1S/C19H28N4O2S/c1-23(2)15(24)12-21-18(20-11-13-5-3-10-26-13)22-16-14-6-9-25-17(14)19(16)7-4-8-19/h3,5,10,14,16-17H,4,6-9,11-12H2,1-2H3,(H2,20,21,22). The summed E-state index contributed by atoms with van der Waals surface area (Å²) in [6.07, 6.45) is 5.31. The van der Waals surface area contributed by atoms with Crippen LogP contribution in [0.4, 0.5) is 0 Å². The number of nitrogens with one attached hydrogen (secondary N) is 2. The van der Waals surface area contributed by atoms with Crippen LogP contribution >= 0.6 is 11.3 Å². The van der Waals surface area contributed by atoms with Crippen LogP contribution in [0.25, 0.3) is 0 Å². The van der Waals surface area contributed by atoms with Gasteiger partial charge in [0.1, 0.15) is 6.54 Å². The van der Waals surface area contributed by atoms with Gasteiger partial charge in [-0.3, -0.25) is 4.79 Å². The second-order valence-electron chi connectivity index (χ2n) is 7.84. The van der Waals surface area contributed by atoms with Crippen LogP contribution in [-0.4, -0.2) is 56.2 Å². The van der Waals surface area contributed by atoms with Crippen molar-refractivity contribution in [2.45, 2.75) is 44.4 Å². The van der Waals surface area contributed by atoms with Crippen molar-refractivity contribution in [3.8, 4) is 0 Å². The van der Waals surface area contributed by atoms with Crippen molar-refractivity contribution in [3.05, 3.63) is 22.4 Å². The minimum Gasteiger partial charge on any atom is -0.377 e. The quantitative estimate of drug-likeness (QED) is 0.608. The molecule has 1 aliphatic heterocycles. The Bertz CT molecular complexity index is 669. The maximum Gasteiger partial charge on any atom is 0.243 e. The van der Waals surface area contributed by atoms with Crippen molar-refractivity contribution in [1.82, 2.24) is 15.5 Å². The van der Waals surface area contributed by atoms with Crippen molar-refractivity contribution < 1.29 is 9.53 Å². The van der Waals surface area contributed by atoms with Crippen LogP contribution in [-0.2, 0) is 16.1 Å².